The van der Waals surface area contributed by atoms with E-state index in [1.807, 2.05) is 25.3 Å². The van der Waals surface area contributed by atoms with Crippen molar-refractivity contribution in [3.8, 4) is 11.3 Å². The number of thiazole rings is 1. The van der Waals surface area contributed by atoms with E-state index in [4.69, 9.17) is 9.31 Å². The van der Waals surface area contributed by atoms with Gasteiger partial charge in [-0.25, -0.2) is 4.98 Å². The molecule has 1 aliphatic rings. The summed E-state index contributed by atoms with van der Waals surface area (Å²) in [4.78, 5) is 8.82. The maximum absolute atomic E-state index is 6.15. The second kappa shape index (κ2) is 4.90. The minimum Gasteiger partial charge on any atom is -0.399 e. The molecule has 0 atom stereocenters. The molecule has 0 N–H and O–H groups in total. The van der Waals surface area contributed by atoms with E-state index in [-0.39, 0.29) is 18.3 Å². The molecule has 21 heavy (non-hydrogen) atoms. The molecule has 0 amide bonds. The largest absolute Gasteiger partial charge is 0.507 e. The van der Waals surface area contributed by atoms with Crippen LogP contribution in [0, 0.1) is 6.92 Å². The van der Waals surface area contributed by atoms with Gasteiger partial charge in [0.15, 0.2) is 0 Å². The summed E-state index contributed by atoms with van der Waals surface area (Å²) in [5.41, 5.74) is 1.21. The summed E-state index contributed by atoms with van der Waals surface area (Å²) >= 11 is 1.62. The van der Waals surface area contributed by atoms with Gasteiger partial charge >= 0.3 is 7.12 Å². The normalized spacial score (nSPS) is 20.0. The zero-order valence-corrected chi connectivity index (χ0v) is 13.8. The Morgan fingerprint density at radius 1 is 1.14 bits per heavy atom. The molecule has 2 aromatic heterocycles. The van der Waals surface area contributed by atoms with Gasteiger partial charge in [0.25, 0.3) is 0 Å². The maximum atomic E-state index is 6.15. The lowest BCUT2D eigenvalue weighted by Crippen LogP contribution is -2.41. The highest BCUT2D eigenvalue weighted by molar-refractivity contribution is 7.22. The molecule has 3 heterocycles. The summed E-state index contributed by atoms with van der Waals surface area (Å²) in [7, 11) is -0.378. The predicted octanol–water partition coefficient (Wildman–Crippen LogP) is 2.81. The van der Waals surface area contributed by atoms with Crippen LogP contribution in [0.25, 0.3) is 11.3 Å². The van der Waals surface area contributed by atoms with Crippen molar-refractivity contribution in [1.29, 1.82) is 0 Å². The maximum Gasteiger partial charge on any atom is 0.507 e. The Labute approximate surface area is 129 Å². The predicted molar refractivity (Wildman–Crippen MR) is 85.8 cm³/mol. The molecule has 3 rings (SSSR count). The first-order valence-electron chi connectivity index (χ1n) is 7.03. The zero-order valence-electron chi connectivity index (χ0n) is 13.0. The Bertz CT molecular complexity index is 639. The van der Waals surface area contributed by atoms with Crippen LogP contribution in [0.3, 0.4) is 0 Å². The average Bonchev–Trinajstić information content (AvgIpc) is 2.89. The third-order valence-electron chi connectivity index (χ3n) is 4.16. The summed E-state index contributed by atoms with van der Waals surface area (Å²) in [5.74, 6) is 0. The van der Waals surface area contributed by atoms with E-state index in [1.54, 1.807) is 17.5 Å². The van der Waals surface area contributed by atoms with Gasteiger partial charge in [-0.2, -0.15) is 0 Å². The number of aryl methyl sites for hydroxylation is 1. The van der Waals surface area contributed by atoms with Gasteiger partial charge in [0.05, 0.1) is 26.7 Å². The van der Waals surface area contributed by atoms with Gasteiger partial charge in [0.2, 0.25) is 0 Å². The van der Waals surface area contributed by atoms with E-state index in [1.165, 1.54) is 0 Å². The molecular formula is C15H19BN2O2S. The first-order chi connectivity index (χ1) is 9.80. The Morgan fingerprint density at radius 3 is 2.38 bits per heavy atom. The van der Waals surface area contributed by atoms with Gasteiger partial charge < -0.3 is 9.31 Å². The van der Waals surface area contributed by atoms with Gasteiger partial charge in [0, 0.05) is 18.0 Å². The molecular weight excluding hydrogens is 283 g/mol. The van der Waals surface area contributed by atoms with E-state index in [0.29, 0.717) is 0 Å². The fourth-order valence-electron chi connectivity index (χ4n) is 2.26. The monoisotopic (exact) mass is 302 g/mol. The van der Waals surface area contributed by atoms with Gasteiger partial charge in [-0.05, 0) is 46.8 Å². The molecule has 0 saturated carbocycles. The summed E-state index contributed by atoms with van der Waals surface area (Å²) in [6, 6.07) is 3.92. The van der Waals surface area contributed by atoms with Gasteiger partial charge in [-0.3, -0.25) is 4.98 Å². The number of hydrogen-bond donors (Lipinski definition) is 0. The Morgan fingerprint density at radius 2 is 1.81 bits per heavy atom. The summed E-state index contributed by atoms with van der Waals surface area (Å²) in [5, 5.41) is 0.999. The van der Waals surface area contributed by atoms with Gasteiger partial charge in [-0.15, -0.1) is 11.3 Å². The molecule has 0 spiro atoms. The number of hydrogen-bond acceptors (Lipinski definition) is 5. The van der Waals surface area contributed by atoms with E-state index >= 15 is 0 Å². The van der Waals surface area contributed by atoms with E-state index in [0.717, 1.165) is 21.0 Å². The van der Waals surface area contributed by atoms with Crippen LogP contribution in [0.1, 0.15) is 32.7 Å². The second-order valence-corrected chi connectivity index (χ2v) is 7.51. The molecule has 6 heteroatoms. The fourth-order valence-corrected chi connectivity index (χ4v) is 3.17. The molecule has 110 valence electrons. The number of pyridine rings is 1. The van der Waals surface area contributed by atoms with Crippen LogP contribution in [0.5, 0.6) is 0 Å². The number of aromatic nitrogens is 2. The second-order valence-electron chi connectivity index (χ2n) is 6.28. The molecule has 1 saturated heterocycles. The smallest absolute Gasteiger partial charge is 0.399 e. The van der Waals surface area contributed by atoms with Crippen molar-refractivity contribution in [2.75, 3.05) is 0 Å². The lowest BCUT2D eigenvalue weighted by atomic mass is 9.85. The van der Waals surface area contributed by atoms with E-state index in [2.05, 4.69) is 37.7 Å². The molecule has 4 nitrogen and oxygen atoms in total. The molecule has 0 aliphatic carbocycles. The molecule has 2 aromatic rings. The molecule has 0 bridgehead atoms. The van der Waals surface area contributed by atoms with Crippen LogP contribution in [0.15, 0.2) is 24.5 Å². The van der Waals surface area contributed by atoms with Crippen LogP contribution in [0.4, 0.5) is 0 Å². The van der Waals surface area contributed by atoms with Crippen LogP contribution < -0.4 is 4.78 Å². The fraction of sp³-hybridized carbons (Fsp3) is 0.467. The van der Waals surface area contributed by atoms with Gasteiger partial charge in [-0.1, -0.05) is 0 Å². The highest BCUT2D eigenvalue weighted by Crippen LogP contribution is 2.37. The minimum atomic E-state index is -0.378. The van der Waals surface area contributed by atoms with Crippen LogP contribution in [-0.4, -0.2) is 28.3 Å². The number of rotatable bonds is 2. The number of nitrogens with zero attached hydrogens (tertiary/aromatic N) is 2. The Balaban J connectivity index is 2.02. The van der Waals surface area contributed by atoms with Gasteiger partial charge in [0.1, 0.15) is 0 Å². The molecule has 1 fully saturated rings. The zero-order chi connectivity index (χ0) is 15.3. The van der Waals surface area contributed by atoms with Crippen molar-refractivity contribution in [2.24, 2.45) is 0 Å². The SMILES string of the molecule is Cc1nc(-c2cccnc2)c(B2OC(C)(C)C(C)(C)O2)s1. The van der Waals surface area contributed by atoms with Crippen molar-refractivity contribution >= 4 is 23.2 Å². The van der Waals surface area contributed by atoms with Crippen molar-refractivity contribution in [3.05, 3.63) is 29.5 Å². The Kier molecular flexibility index (Phi) is 3.43. The highest BCUT2D eigenvalue weighted by atomic mass is 32.1. The molecule has 0 radical (unpaired) electrons. The van der Waals surface area contributed by atoms with E-state index in [9.17, 15) is 0 Å². The van der Waals surface area contributed by atoms with E-state index < -0.39 is 0 Å². The summed E-state index contributed by atoms with van der Waals surface area (Å²) in [6.45, 7) is 10.2. The lowest BCUT2D eigenvalue weighted by molar-refractivity contribution is 0.00578. The first-order valence-corrected chi connectivity index (χ1v) is 7.85. The lowest BCUT2D eigenvalue weighted by Gasteiger charge is -2.32. The quantitative estimate of drug-likeness (QED) is 0.800. The van der Waals surface area contributed by atoms with Crippen molar-refractivity contribution in [3.63, 3.8) is 0 Å². The third kappa shape index (κ3) is 2.52. The molecule has 0 unspecified atom stereocenters. The third-order valence-corrected chi connectivity index (χ3v) is 5.16. The van der Waals surface area contributed by atoms with Crippen molar-refractivity contribution in [2.45, 2.75) is 45.8 Å². The molecule has 0 aromatic carbocycles. The topological polar surface area (TPSA) is 44.2 Å². The summed E-state index contributed by atoms with van der Waals surface area (Å²) in [6.07, 6.45) is 3.58. The van der Waals surface area contributed by atoms with Crippen molar-refractivity contribution < 1.29 is 9.31 Å². The average molecular weight is 302 g/mol. The minimum absolute atomic E-state index is 0.345. The van der Waals surface area contributed by atoms with Crippen LogP contribution in [-0.2, 0) is 9.31 Å². The summed E-state index contributed by atoms with van der Waals surface area (Å²) < 4.78 is 13.3. The molecule has 1 aliphatic heterocycles. The van der Waals surface area contributed by atoms with Crippen LogP contribution >= 0.6 is 11.3 Å². The van der Waals surface area contributed by atoms with Crippen molar-refractivity contribution in [1.82, 2.24) is 9.97 Å². The highest BCUT2D eigenvalue weighted by Gasteiger charge is 2.53. The Hall–Kier alpha value is -1.24. The first kappa shape index (κ1) is 14.7. The standard InChI is InChI=1S/C15H19BN2O2S/c1-10-18-12(11-7-6-8-17-9-11)13(21-10)16-19-14(2,3)15(4,5)20-16/h6-9H,1-5H3. The van der Waals surface area contributed by atoms with Crippen LogP contribution in [0.2, 0.25) is 0 Å².